The van der Waals surface area contributed by atoms with Gasteiger partial charge >= 0.3 is 0 Å². The molecule has 12 heavy (non-hydrogen) atoms. The van der Waals surface area contributed by atoms with Crippen LogP contribution >= 0.6 is 22.9 Å². The van der Waals surface area contributed by atoms with Crippen LogP contribution in [0.15, 0.2) is 11.4 Å². The minimum Gasteiger partial charge on any atom is -0.366 e. The maximum atomic E-state index is 5.62. The molecule has 1 aromatic rings. The molecule has 0 radical (unpaired) electrons. The fourth-order valence-corrected chi connectivity index (χ4v) is 2.20. The Balaban J connectivity index is 2.52. The molecule has 0 aromatic carbocycles. The number of thiophene rings is 1. The Bertz CT molecular complexity index is 234. The van der Waals surface area contributed by atoms with Crippen LogP contribution in [0.25, 0.3) is 0 Å². The Kier molecular flexibility index (Phi) is 3.89. The third kappa shape index (κ3) is 2.39. The molecule has 0 atom stereocenters. The van der Waals surface area contributed by atoms with Crippen molar-refractivity contribution in [1.29, 1.82) is 0 Å². The summed E-state index contributed by atoms with van der Waals surface area (Å²) in [5.41, 5.74) is 1.36. The van der Waals surface area contributed by atoms with E-state index in [1.165, 1.54) is 10.6 Å². The Hall–Kier alpha value is -0.210. The van der Waals surface area contributed by atoms with Gasteiger partial charge in [0.1, 0.15) is 0 Å². The Morgan fingerprint density at radius 3 is 2.83 bits per heavy atom. The van der Waals surface area contributed by atoms with Gasteiger partial charge in [-0.3, -0.25) is 0 Å². The van der Waals surface area contributed by atoms with Crippen molar-refractivity contribution < 1.29 is 0 Å². The summed E-state index contributed by atoms with van der Waals surface area (Å²) in [6.07, 6.45) is 1.05. The van der Waals surface area contributed by atoms with Crippen molar-refractivity contribution in [2.24, 2.45) is 0 Å². The van der Waals surface area contributed by atoms with Crippen LogP contribution < -0.4 is 4.90 Å². The topological polar surface area (TPSA) is 3.24 Å². The van der Waals surface area contributed by atoms with Crippen LogP contribution in [0.3, 0.4) is 0 Å². The van der Waals surface area contributed by atoms with E-state index in [1.54, 1.807) is 11.3 Å². The van der Waals surface area contributed by atoms with Crippen molar-refractivity contribution in [2.75, 3.05) is 24.4 Å². The molecule has 1 heterocycles. The molecule has 0 spiro atoms. The van der Waals surface area contributed by atoms with Gasteiger partial charge in [-0.15, -0.1) is 22.9 Å². The summed E-state index contributed by atoms with van der Waals surface area (Å²) in [7, 11) is 2.12. The molecule has 0 amide bonds. The largest absolute Gasteiger partial charge is 0.366 e. The third-order valence-corrected chi connectivity index (χ3v) is 3.21. The maximum Gasteiger partial charge on any atom is 0.0935 e. The second-order valence-electron chi connectivity index (χ2n) is 2.87. The zero-order valence-corrected chi connectivity index (χ0v) is 9.08. The van der Waals surface area contributed by atoms with Crippen molar-refractivity contribution in [2.45, 2.75) is 13.3 Å². The van der Waals surface area contributed by atoms with Gasteiger partial charge in [0.25, 0.3) is 0 Å². The first-order chi connectivity index (χ1) is 5.75. The van der Waals surface area contributed by atoms with Crippen molar-refractivity contribution in [3.8, 4) is 0 Å². The normalized spacial score (nSPS) is 10.2. The van der Waals surface area contributed by atoms with Gasteiger partial charge in [0.05, 0.1) is 5.00 Å². The van der Waals surface area contributed by atoms with Crippen LogP contribution in [-0.4, -0.2) is 19.5 Å². The van der Waals surface area contributed by atoms with Crippen LogP contribution in [-0.2, 0) is 0 Å². The highest BCUT2D eigenvalue weighted by atomic mass is 35.5. The van der Waals surface area contributed by atoms with E-state index in [9.17, 15) is 0 Å². The number of nitrogens with zero attached hydrogens (tertiary/aromatic N) is 1. The highest BCUT2D eigenvalue weighted by Gasteiger charge is 2.04. The summed E-state index contributed by atoms with van der Waals surface area (Å²) in [5.74, 6) is 0.745. The second kappa shape index (κ2) is 4.73. The third-order valence-electron chi connectivity index (χ3n) is 1.81. The van der Waals surface area contributed by atoms with Gasteiger partial charge in [-0.25, -0.2) is 0 Å². The summed E-state index contributed by atoms with van der Waals surface area (Å²) in [6, 6.07) is 2.15. The first-order valence-electron chi connectivity index (χ1n) is 4.07. The molecule has 3 heteroatoms. The molecule has 68 valence electrons. The average molecular weight is 204 g/mol. The number of halogens is 1. The number of alkyl halides is 1. The molecule has 1 rings (SSSR count). The van der Waals surface area contributed by atoms with Gasteiger partial charge < -0.3 is 4.90 Å². The molecular weight excluding hydrogens is 190 g/mol. The molecule has 1 nitrogen and oxygen atoms in total. The SMILES string of the molecule is Cc1ccsc1N(C)CCCCl. The molecule has 0 bridgehead atoms. The van der Waals surface area contributed by atoms with Crippen LogP contribution in [0.2, 0.25) is 0 Å². The van der Waals surface area contributed by atoms with E-state index in [4.69, 9.17) is 11.6 Å². The lowest BCUT2D eigenvalue weighted by atomic mass is 10.3. The van der Waals surface area contributed by atoms with E-state index < -0.39 is 0 Å². The van der Waals surface area contributed by atoms with Gasteiger partial charge in [0.15, 0.2) is 0 Å². The van der Waals surface area contributed by atoms with E-state index in [0.717, 1.165) is 18.8 Å². The zero-order valence-electron chi connectivity index (χ0n) is 7.51. The maximum absolute atomic E-state index is 5.62. The van der Waals surface area contributed by atoms with Gasteiger partial charge in [-0.05, 0) is 30.4 Å². The summed E-state index contributed by atoms with van der Waals surface area (Å²) in [4.78, 5) is 2.27. The van der Waals surface area contributed by atoms with Crippen LogP contribution in [0.4, 0.5) is 5.00 Å². The molecule has 0 saturated carbocycles. The molecule has 0 unspecified atom stereocenters. The zero-order chi connectivity index (χ0) is 8.97. The summed E-state index contributed by atoms with van der Waals surface area (Å²) < 4.78 is 0. The minimum absolute atomic E-state index is 0.745. The number of aryl methyl sites for hydroxylation is 1. The predicted octanol–water partition coefficient (Wildman–Crippen LogP) is 3.12. The van der Waals surface area contributed by atoms with E-state index in [0.29, 0.717) is 0 Å². The van der Waals surface area contributed by atoms with Crippen molar-refractivity contribution in [3.05, 3.63) is 17.0 Å². The molecule has 0 N–H and O–H groups in total. The van der Waals surface area contributed by atoms with Crippen molar-refractivity contribution in [1.82, 2.24) is 0 Å². The van der Waals surface area contributed by atoms with E-state index in [2.05, 4.69) is 30.3 Å². The average Bonchev–Trinajstić information content (AvgIpc) is 2.47. The van der Waals surface area contributed by atoms with Crippen LogP contribution in [0, 0.1) is 6.92 Å². The quantitative estimate of drug-likeness (QED) is 0.680. The fourth-order valence-electron chi connectivity index (χ4n) is 1.15. The highest BCUT2D eigenvalue weighted by molar-refractivity contribution is 7.14. The van der Waals surface area contributed by atoms with Gasteiger partial charge in [-0.2, -0.15) is 0 Å². The summed E-state index contributed by atoms with van der Waals surface area (Å²) in [5, 5.41) is 3.49. The van der Waals surface area contributed by atoms with Gasteiger partial charge in [0.2, 0.25) is 0 Å². The predicted molar refractivity (Wildman–Crippen MR) is 57.7 cm³/mol. The lowest BCUT2D eigenvalue weighted by molar-refractivity contribution is 0.861. The summed E-state index contributed by atoms with van der Waals surface area (Å²) >= 11 is 7.41. The molecule has 0 aliphatic carbocycles. The van der Waals surface area contributed by atoms with Crippen molar-refractivity contribution >= 4 is 27.9 Å². The first-order valence-corrected chi connectivity index (χ1v) is 5.48. The second-order valence-corrected chi connectivity index (χ2v) is 4.15. The molecule has 0 fully saturated rings. The number of anilines is 1. The lowest BCUT2D eigenvalue weighted by Crippen LogP contribution is -2.18. The van der Waals surface area contributed by atoms with Gasteiger partial charge in [-0.1, -0.05) is 0 Å². The van der Waals surface area contributed by atoms with Gasteiger partial charge in [0, 0.05) is 19.5 Å². The van der Waals surface area contributed by atoms with E-state index in [1.807, 2.05) is 0 Å². The smallest absolute Gasteiger partial charge is 0.0935 e. The molecule has 0 saturated heterocycles. The minimum atomic E-state index is 0.745. The van der Waals surface area contributed by atoms with Crippen molar-refractivity contribution in [3.63, 3.8) is 0 Å². The number of hydrogen-bond donors (Lipinski definition) is 0. The summed E-state index contributed by atoms with van der Waals surface area (Å²) in [6.45, 7) is 3.19. The highest BCUT2D eigenvalue weighted by Crippen LogP contribution is 2.25. The Morgan fingerprint density at radius 1 is 1.58 bits per heavy atom. The number of hydrogen-bond acceptors (Lipinski definition) is 2. The molecule has 0 aliphatic heterocycles. The molecular formula is C9H14ClNS. The van der Waals surface area contributed by atoms with E-state index in [-0.39, 0.29) is 0 Å². The molecule has 1 aromatic heterocycles. The van der Waals surface area contributed by atoms with Crippen LogP contribution in [0.1, 0.15) is 12.0 Å². The first kappa shape index (κ1) is 9.87. The van der Waals surface area contributed by atoms with Crippen LogP contribution in [0.5, 0.6) is 0 Å². The fraction of sp³-hybridized carbons (Fsp3) is 0.556. The lowest BCUT2D eigenvalue weighted by Gasteiger charge is -2.17. The monoisotopic (exact) mass is 203 g/mol. The Labute approximate surface area is 83.0 Å². The Morgan fingerprint density at radius 2 is 2.33 bits per heavy atom. The number of rotatable bonds is 4. The standard InChI is InChI=1S/C9H14ClNS/c1-8-4-7-12-9(8)11(2)6-3-5-10/h4,7H,3,5-6H2,1-2H3. The van der Waals surface area contributed by atoms with E-state index >= 15 is 0 Å². The molecule has 0 aliphatic rings.